The number of hydrogen-bond donors (Lipinski definition) is 3. The van der Waals surface area contributed by atoms with Crippen LogP contribution in [0.15, 0.2) is 18.2 Å². The summed E-state index contributed by atoms with van der Waals surface area (Å²) in [6, 6.07) is 4.68. The van der Waals surface area contributed by atoms with Gasteiger partial charge in [0.05, 0.1) is 17.8 Å². The second-order valence-corrected chi connectivity index (χ2v) is 3.81. The van der Waals surface area contributed by atoms with Crippen molar-refractivity contribution in [3.8, 4) is 0 Å². The van der Waals surface area contributed by atoms with Crippen molar-refractivity contribution in [1.29, 1.82) is 0 Å². The summed E-state index contributed by atoms with van der Waals surface area (Å²) >= 11 is 0. The number of carboxylic acid groups (broad SMARTS) is 1. The van der Waals surface area contributed by atoms with Gasteiger partial charge in [-0.05, 0) is 19.1 Å². The van der Waals surface area contributed by atoms with Gasteiger partial charge in [-0.25, -0.2) is 4.79 Å². The van der Waals surface area contributed by atoms with Crippen LogP contribution in [-0.2, 0) is 9.59 Å². The summed E-state index contributed by atoms with van der Waals surface area (Å²) in [5.74, 6) is -1.92. The molecule has 1 rings (SSSR count). The molecule has 0 bridgehead atoms. The third-order valence-electron chi connectivity index (χ3n) is 2.18. The number of nitrogens with one attached hydrogen (secondary N) is 2. The Hall–Kier alpha value is -2.37. The largest absolute Gasteiger partial charge is 0.478 e. The van der Waals surface area contributed by atoms with Gasteiger partial charge in [-0.1, -0.05) is 11.6 Å². The third-order valence-corrected chi connectivity index (χ3v) is 2.18. The van der Waals surface area contributed by atoms with E-state index in [1.54, 1.807) is 13.0 Å². The first-order valence-electron chi connectivity index (χ1n) is 5.28. The molecule has 1 aromatic rings. The minimum Gasteiger partial charge on any atom is -0.478 e. The van der Waals surface area contributed by atoms with Gasteiger partial charge in [0.25, 0.3) is 0 Å². The average molecular weight is 250 g/mol. The molecular formula is C12H14N2O4. The number of carboxylic acids is 1. The minimum atomic E-state index is -1.12. The van der Waals surface area contributed by atoms with E-state index >= 15 is 0 Å². The monoisotopic (exact) mass is 250 g/mol. The molecule has 96 valence electrons. The number of carbonyl (C=O) groups is 3. The highest BCUT2D eigenvalue weighted by atomic mass is 16.4. The third kappa shape index (κ3) is 3.89. The van der Waals surface area contributed by atoms with Gasteiger partial charge in [-0.15, -0.1) is 0 Å². The number of hydrogen-bond acceptors (Lipinski definition) is 3. The van der Waals surface area contributed by atoms with Crippen LogP contribution in [0.2, 0.25) is 0 Å². The Morgan fingerprint density at radius 2 is 1.94 bits per heavy atom. The second kappa shape index (κ2) is 5.81. The van der Waals surface area contributed by atoms with Gasteiger partial charge >= 0.3 is 5.97 Å². The van der Waals surface area contributed by atoms with E-state index in [0.717, 1.165) is 5.56 Å². The van der Waals surface area contributed by atoms with Gasteiger partial charge in [0.1, 0.15) is 0 Å². The summed E-state index contributed by atoms with van der Waals surface area (Å²) < 4.78 is 0. The molecule has 3 N–H and O–H groups in total. The number of aryl methyl sites for hydroxylation is 1. The Bertz CT molecular complexity index is 497. The van der Waals surface area contributed by atoms with Gasteiger partial charge < -0.3 is 15.7 Å². The molecule has 1 aromatic carbocycles. The molecule has 0 spiro atoms. The summed E-state index contributed by atoms with van der Waals surface area (Å²) in [4.78, 5) is 33.1. The lowest BCUT2D eigenvalue weighted by Crippen LogP contribution is -2.31. The Labute approximate surface area is 104 Å². The van der Waals surface area contributed by atoms with Crippen molar-refractivity contribution in [2.24, 2.45) is 0 Å². The lowest BCUT2D eigenvalue weighted by atomic mass is 10.1. The molecule has 0 aliphatic carbocycles. The SMILES string of the molecule is CC(=O)NCC(=O)Nc1ccc(C)cc1C(=O)O. The Balaban J connectivity index is 2.81. The van der Waals surface area contributed by atoms with Crippen molar-refractivity contribution in [2.75, 3.05) is 11.9 Å². The standard InChI is InChI=1S/C12H14N2O4/c1-7-3-4-10(9(5-7)12(17)18)14-11(16)6-13-8(2)15/h3-5H,6H2,1-2H3,(H,13,15)(H,14,16)(H,17,18). The lowest BCUT2D eigenvalue weighted by Gasteiger charge is -2.09. The van der Waals surface area contributed by atoms with Crippen LogP contribution < -0.4 is 10.6 Å². The maximum Gasteiger partial charge on any atom is 0.337 e. The zero-order valence-electron chi connectivity index (χ0n) is 10.1. The van der Waals surface area contributed by atoms with E-state index in [2.05, 4.69) is 10.6 Å². The first-order valence-corrected chi connectivity index (χ1v) is 5.28. The molecule has 0 aliphatic rings. The lowest BCUT2D eigenvalue weighted by molar-refractivity contribution is -0.122. The average Bonchev–Trinajstić information content (AvgIpc) is 2.28. The van der Waals surface area contributed by atoms with E-state index in [1.807, 2.05) is 0 Å². The molecular weight excluding hydrogens is 236 g/mol. The molecule has 0 radical (unpaired) electrons. The molecule has 6 heteroatoms. The van der Waals surface area contributed by atoms with Crippen molar-refractivity contribution in [1.82, 2.24) is 5.32 Å². The highest BCUT2D eigenvalue weighted by Crippen LogP contribution is 2.17. The topological polar surface area (TPSA) is 95.5 Å². The van der Waals surface area contributed by atoms with Gasteiger partial charge in [0.2, 0.25) is 11.8 Å². The molecule has 0 saturated carbocycles. The number of rotatable bonds is 4. The first-order chi connectivity index (χ1) is 8.40. The molecule has 0 aromatic heterocycles. The van der Waals surface area contributed by atoms with E-state index in [0.29, 0.717) is 0 Å². The van der Waals surface area contributed by atoms with Gasteiger partial charge in [0, 0.05) is 6.92 Å². The van der Waals surface area contributed by atoms with Gasteiger partial charge in [-0.2, -0.15) is 0 Å². The molecule has 0 unspecified atom stereocenters. The maximum atomic E-state index is 11.5. The van der Waals surface area contributed by atoms with Crippen molar-refractivity contribution >= 4 is 23.5 Å². The zero-order chi connectivity index (χ0) is 13.7. The van der Waals surface area contributed by atoms with Crippen molar-refractivity contribution < 1.29 is 19.5 Å². The fourth-order valence-corrected chi connectivity index (χ4v) is 1.34. The van der Waals surface area contributed by atoms with E-state index in [4.69, 9.17) is 5.11 Å². The van der Waals surface area contributed by atoms with Crippen LogP contribution in [0, 0.1) is 6.92 Å². The van der Waals surface area contributed by atoms with Crippen LogP contribution in [-0.4, -0.2) is 29.4 Å². The molecule has 0 saturated heterocycles. The van der Waals surface area contributed by atoms with Crippen LogP contribution in [0.3, 0.4) is 0 Å². The first kappa shape index (κ1) is 13.7. The highest BCUT2D eigenvalue weighted by Gasteiger charge is 2.12. The summed E-state index contributed by atoms with van der Waals surface area (Å²) in [5, 5.41) is 13.8. The number of anilines is 1. The molecule has 2 amide bonds. The van der Waals surface area contributed by atoms with Crippen LogP contribution in [0.4, 0.5) is 5.69 Å². The molecule has 0 atom stereocenters. The molecule has 18 heavy (non-hydrogen) atoms. The fraction of sp³-hybridized carbons (Fsp3) is 0.250. The van der Waals surface area contributed by atoms with E-state index < -0.39 is 11.9 Å². The minimum absolute atomic E-state index is 0.0196. The van der Waals surface area contributed by atoms with E-state index in [-0.39, 0.29) is 23.7 Å². The van der Waals surface area contributed by atoms with Crippen LogP contribution >= 0.6 is 0 Å². The van der Waals surface area contributed by atoms with E-state index in [1.165, 1.54) is 19.1 Å². The van der Waals surface area contributed by atoms with Gasteiger partial charge in [0.15, 0.2) is 0 Å². The predicted octanol–water partition coefficient (Wildman–Crippen LogP) is 0.768. The highest BCUT2D eigenvalue weighted by molar-refractivity contribution is 6.01. The fourth-order valence-electron chi connectivity index (χ4n) is 1.34. The second-order valence-electron chi connectivity index (χ2n) is 3.81. The van der Waals surface area contributed by atoms with Crippen molar-refractivity contribution in [3.05, 3.63) is 29.3 Å². The zero-order valence-corrected chi connectivity index (χ0v) is 10.1. The smallest absolute Gasteiger partial charge is 0.337 e. The molecule has 6 nitrogen and oxygen atoms in total. The Morgan fingerprint density at radius 1 is 1.28 bits per heavy atom. The van der Waals surface area contributed by atoms with Gasteiger partial charge in [-0.3, -0.25) is 9.59 Å². The van der Waals surface area contributed by atoms with Crippen LogP contribution in [0.25, 0.3) is 0 Å². The van der Waals surface area contributed by atoms with Crippen molar-refractivity contribution in [3.63, 3.8) is 0 Å². The van der Waals surface area contributed by atoms with Crippen LogP contribution in [0.1, 0.15) is 22.8 Å². The number of carbonyl (C=O) groups excluding carboxylic acids is 2. The summed E-state index contributed by atoms with van der Waals surface area (Å²) in [6.07, 6.45) is 0. The summed E-state index contributed by atoms with van der Waals surface area (Å²) in [6.45, 7) is 2.86. The maximum absolute atomic E-state index is 11.5. The van der Waals surface area contributed by atoms with E-state index in [9.17, 15) is 14.4 Å². The van der Waals surface area contributed by atoms with Crippen molar-refractivity contribution in [2.45, 2.75) is 13.8 Å². The Morgan fingerprint density at radius 3 is 2.50 bits per heavy atom. The normalized spacial score (nSPS) is 9.67. The predicted molar refractivity (Wildman–Crippen MR) is 65.5 cm³/mol. The number of aromatic carboxylic acids is 1. The molecule has 0 fully saturated rings. The summed E-state index contributed by atoms with van der Waals surface area (Å²) in [5.41, 5.74) is 1.02. The number of amides is 2. The quantitative estimate of drug-likeness (QED) is 0.735. The molecule has 0 heterocycles. The molecule has 0 aliphatic heterocycles. The van der Waals surface area contributed by atoms with Crippen LogP contribution in [0.5, 0.6) is 0 Å². The Kier molecular flexibility index (Phi) is 4.42. The summed E-state index contributed by atoms with van der Waals surface area (Å²) in [7, 11) is 0. The number of benzene rings is 1.